The normalized spacial score (nSPS) is 12.2. The molecule has 0 fully saturated rings. The molecule has 366 valence electrons. The first-order valence-corrected chi connectivity index (χ1v) is 25.5. The van der Waals surface area contributed by atoms with Gasteiger partial charge in [-0.15, -0.1) is 0 Å². The van der Waals surface area contributed by atoms with Crippen molar-refractivity contribution >= 4 is 42.9 Å². The topological polar surface area (TPSA) is 194 Å². The maximum absolute atomic E-state index is 11.6. The SMILES string of the molecule is CC(C)CCCCNC(=O)CCCCC(=O)C(C)C.CC(C)CCCCNC(=O)CCCCC(=O)C(C)C.CC(C)OP(=O)(O)OCCCCNC(=O)CCCCC(=O)C(C)C. The van der Waals surface area contributed by atoms with Crippen LogP contribution >= 0.6 is 7.82 Å². The van der Waals surface area contributed by atoms with E-state index in [9.17, 15) is 38.2 Å². The third kappa shape index (κ3) is 48.6. The summed E-state index contributed by atoms with van der Waals surface area (Å²) in [7, 11) is -3.97. The summed E-state index contributed by atoms with van der Waals surface area (Å²) in [6.45, 7) is 25.8. The molecular weight excluding hydrogens is 810 g/mol. The number of carbonyl (C=O) groups is 6. The summed E-state index contributed by atoms with van der Waals surface area (Å²) in [6, 6.07) is 0. The van der Waals surface area contributed by atoms with Crippen molar-refractivity contribution in [3.8, 4) is 0 Å². The molecule has 0 aromatic rings. The Morgan fingerprint density at radius 2 is 0.726 bits per heavy atom. The van der Waals surface area contributed by atoms with Gasteiger partial charge in [0.2, 0.25) is 17.7 Å². The zero-order valence-electron chi connectivity index (χ0n) is 41.5. The maximum Gasteiger partial charge on any atom is 0.472 e. The molecule has 0 aliphatic carbocycles. The van der Waals surface area contributed by atoms with Gasteiger partial charge in [-0.1, -0.05) is 94.9 Å². The van der Waals surface area contributed by atoms with E-state index >= 15 is 0 Å². The van der Waals surface area contributed by atoms with Crippen molar-refractivity contribution in [1.29, 1.82) is 0 Å². The molecule has 1 unspecified atom stereocenters. The molecular formula is C48H94N3O10P. The quantitative estimate of drug-likeness (QED) is 0.0347. The van der Waals surface area contributed by atoms with E-state index in [1.807, 2.05) is 41.5 Å². The van der Waals surface area contributed by atoms with Gasteiger partial charge in [0, 0.05) is 75.9 Å². The number of hydrogen-bond acceptors (Lipinski definition) is 9. The van der Waals surface area contributed by atoms with E-state index in [1.54, 1.807) is 13.8 Å². The van der Waals surface area contributed by atoms with E-state index in [-0.39, 0.29) is 54.0 Å². The number of hydrogen-bond donors (Lipinski definition) is 4. The number of unbranched alkanes of at least 4 members (excludes halogenated alkanes) is 6. The van der Waals surface area contributed by atoms with Crippen molar-refractivity contribution < 1.29 is 47.3 Å². The summed E-state index contributed by atoms with van der Waals surface area (Å²) in [5, 5.41) is 8.67. The Bertz CT molecular complexity index is 1180. The lowest BCUT2D eigenvalue weighted by atomic mass is 10.0. The monoisotopic (exact) mass is 904 g/mol. The van der Waals surface area contributed by atoms with Crippen molar-refractivity contribution in [3.63, 3.8) is 0 Å². The van der Waals surface area contributed by atoms with Gasteiger partial charge in [0.25, 0.3) is 0 Å². The van der Waals surface area contributed by atoms with Gasteiger partial charge in [0.1, 0.15) is 17.3 Å². The molecule has 0 spiro atoms. The molecule has 0 rings (SSSR count). The second kappa shape index (κ2) is 41.2. The number of nitrogens with one attached hydrogen (secondary N) is 3. The Hall–Kier alpha value is -2.47. The van der Waals surface area contributed by atoms with Gasteiger partial charge < -0.3 is 20.8 Å². The highest BCUT2D eigenvalue weighted by Gasteiger charge is 2.22. The average Bonchev–Trinajstić information content (AvgIpc) is 3.17. The van der Waals surface area contributed by atoms with Crippen LogP contribution in [0.2, 0.25) is 0 Å². The number of rotatable bonds is 36. The van der Waals surface area contributed by atoms with E-state index in [2.05, 4.69) is 43.6 Å². The zero-order chi connectivity index (χ0) is 47.9. The second-order valence-corrected chi connectivity index (χ2v) is 19.9. The van der Waals surface area contributed by atoms with E-state index in [4.69, 9.17) is 9.05 Å². The second-order valence-electron chi connectivity index (χ2n) is 18.5. The molecule has 0 saturated carbocycles. The van der Waals surface area contributed by atoms with Crippen LogP contribution in [0.3, 0.4) is 0 Å². The number of carbonyl (C=O) groups excluding carboxylic acids is 6. The summed E-state index contributed by atoms with van der Waals surface area (Å²) in [5.41, 5.74) is 0. The molecule has 0 aliphatic heterocycles. The van der Waals surface area contributed by atoms with Crippen LogP contribution < -0.4 is 16.0 Å². The molecule has 0 radical (unpaired) electrons. The van der Waals surface area contributed by atoms with Gasteiger partial charge in [-0.25, -0.2) is 4.57 Å². The standard InChI is InChI=1S/C16H32NO6P.2C16H31NO2/c1-13(2)15(18)9-5-6-10-16(19)17-11-7-8-12-22-24(20,21)23-14(3)4;2*1-13(2)9-7-8-12-17-16(19)11-6-5-10-15(18)14(3)4/h13-14H,5-12H2,1-4H3,(H,17,19)(H,20,21);2*13-14H,5-12H2,1-4H3,(H,17,19). The largest absolute Gasteiger partial charge is 0.472 e. The summed E-state index contributed by atoms with van der Waals surface area (Å²) in [4.78, 5) is 78.2. The molecule has 0 heterocycles. The van der Waals surface area contributed by atoms with Gasteiger partial charge >= 0.3 is 7.82 Å². The minimum absolute atomic E-state index is 0.0381. The third-order valence-electron chi connectivity index (χ3n) is 9.72. The lowest BCUT2D eigenvalue weighted by Crippen LogP contribution is -2.24. The molecule has 0 saturated heterocycles. The van der Waals surface area contributed by atoms with Crippen LogP contribution in [0, 0.1) is 29.6 Å². The highest BCUT2D eigenvalue weighted by molar-refractivity contribution is 7.47. The van der Waals surface area contributed by atoms with Crippen LogP contribution in [0.4, 0.5) is 0 Å². The average molecular weight is 904 g/mol. The number of Topliss-reactive ketones (excluding diaryl/α,β-unsaturated/α-hetero) is 3. The summed E-state index contributed by atoms with van der Waals surface area (Å²) < 4.78 is 21.0. The van der Waals surface area contributed by atoms with E-state index in [0.29, 0.717) is 75.9 Å². The lowest BCUT2D eigenvalue weighted by Gasteiger charge is -2.14. The van der Waals surface area contributed by atoms with Crippen molar-refractivity contribution in [2.75, 3.05) is 26.2 Å². The summed E-state index contributed by atoms with van der Waals surface area (Å²) >= 11 is 0. The van der Waals surface area contributed by atoms with Crippen LogP contribution in [0.1, 0.15) is 212 Å². The smallest absolute Gasteiger partial charge is 0.356 e. The first-order chi connectivity index (χ1) is 29.0. The van der Waals surface area contributed by atoms with Gasteiger partial charge in [-0.3, -0.25) is 37.8 Å². The van der Waals surface area contributed by atoms with Crippen molar-refractivity contribution in [2.45, 2.75) is 218 Å². The Morgan fingerprint density at radius 3 is 1.00 bits per heavy atom. The Kier molecular flexibility index (Phi) is 42.5. The highest BCUT2D eigenvalue weighted by atomic mass is 31.2. The molecule has 0 aromatic carbocycles. The molecule has 13 nitrogen and oxygen atoms in total. The number of phosphoric ester groups is 1. The van der Waals surface area contributed by atoms with Crippen LogP contribution in [-0.2, 0) is 42.4 Å². The predicted octanol–water partition coefficient (Wildman–Crippen LogP) is 10.6. The Labute approximate surface area is 378 Å². The van der Waals surface area contributed by atoms with E-state index in [0.717, 1.165) is 69.9 Å². The van der Waals surface area contributed by atoms with Gasteiger partial charge in [0.15, 0.2) is 0 Å². The fourth-order valence-electron chi connectivity index (χ4n) is 5.63. The minimum atomic E-state index is -3.97. The fraction of sp³-hybridized carbons (Fsp3) is 0.875. The highest BCUT2D eigenvalue weighted by Crippen LogP contribution is 2.44. The third-order valence-corrected chi connectivity index (χ3v) is 10.9. The number of amides is 3. The van der Waals surface area contributed by atoms with Crippen LogP contribution in [0.5, 0.6) is 0 Å². The predicted molar refractivity (Wildman–Crippen MR) is 253 cm³/mol. The van der Waals surface area contributed by atoms with E-state index in [1.165, 1.54) is 25.7 Å². The van der Waals surface area contributed by atoms with Gasteiger partial charge in [0.05, 0.1) is 12.7 Å². The van der Waals surface area contributed by atoms with E-state index < -0.39 is 7.82 Å². The molecule has 3 amide bonds. The first kappa shape index (κ1) is 63.8. The Morgan fingerprint density at radius 1 is 0.435 bits per heavy atom. The molecule has 0 bridgehead atoms. The fourth-order valence-corrected chi connectivity index (χ4v) is 6.58. The molecule has 0 aromatic heterocycles. The number of phosphoric acid groups is 1. The molecule has 0 aliphatic rings. The summed E-state index contributed by atoms with van der Waals surface area (Å²) in [5.74, 6) is 2.84. The van der Waals surface area contributed by atoms with Crippen molar-refractivity contribution in [2.24, 2.45) is 29.6 Å². The van der Waals surface area contributed by atoms with Crippen LogP contribution in [-0.4, -0.2) is 72.3 Å². The van der Waals surface area contributed by atoms with Crippen molar-refractivity contribution in [1.82, 2.24) is 16.0 Å². The molecule has 14 heteroatoms. The van der Waals surface area contributed by atoms with Crippen LogP contribution in [0.25, 0.3) is 0 Å². The Balaban J connectivity index is -0.000000851. The molecule has 62 heavy (non-hydrogen) atoms. The van der Waals surface area contributed by atoms with Gasteiger partial charge in [-0.05, 0) is 89.9 Å². The lowest BCUT2D eigenvalue weighted by molar-refractivity contribution is -0.123. The van der Waals surface area contributed by atoms with Crippen molar-refractivity contribution in [3.05, 3.63) is 0 Å². The maximum atomic E-state index is 11.6. The van der Waals surface area contributed by atoms with Gasteiger partial charge in [-0.2, -0.15) is 0 Å². The minimum Gasteiger partial charge on any atom is -0.356 e. The number of ketones is 3. The molecule has 4 N–H and O–H groups in total. The van der Waals surface area contributed by atoms with Crippen LogP contribution in [0.15, 0.2) is 0 Å². The first-order valence-electron chi connectivity index (χ1n) is 24.0. The molecule has 1 atom stereocenters. The zero-order valence-corrected chi connectivity index (χ0v) is 42.4. The summed E-state index contributed by atoms with van der Waals surface area (Å²) in [6.07, 6.45) is 15.8.